The minimum Gasteiger partial charge on any atom is -0.425 e. The first-order valence-corrected chi connectivity index (χ1v) is 10.3. The fraction of sp³-hybridized carbons (Fsp3) is 0.250. The van der Waals surface area contributed by atoms with Crippen molar-refractivity contribution in [2.45, 2.75) is 48.5 Å². The van der Waals surface area contributed by atoms with Crippen LogP contribution in [0.5, 0.6) is 0 Å². The number of benzene rings is 3. The third-order valence-electron chi connectivity index (χ3n) is 5.37. The van der Waals surface area contributed by atoms with Crippen LogP contribution in [0.2, 0.25) is 0 Å². The van der Waals surface area contributed by atoms with Gasteiger partial charge in [0, 0.05) is 18.1 Å². The second-order valence-corrected chi connectivity index (χ2v) is 8.21. The van der Waals surface area contributed by atoms with Gasteiger partial charge in [0.15, 0.2) is 0 Å². The van der Waals surface area contributed by atoms with Gasteiger partial charge in [0.2, 0.25) is 0 Å². The van der Waals surface area contributed by atoms with Crippen molar-refractivity contribution in [3.63, 3.8) is 0 Å². The molecule has 2 nitrogen and oxygen atoms in total. The van der Waals surface area contributed by atoms with E-state index in [9.17, 15) is 4.79 Å². The Hall–Kier alpha value is -3.13. The predicted octanol–water partition coefficient (Wildman–Crippen LogP) is 7.02. The maximum Gasteiger partial charge on any atom is 0.308 e. The van der Waals surface area contributed by atoms with Gasteiger partial charge in [-0.1, -0.05) is 65.7 Å². The van der Waals surface area contributed by atoms with Crippen molar-refractivity contribution >= 4 is 17.3 Å². The van der Waals surface area contributed by atoms with Gasteiger partial charge < -0.3 is 4.74 Å². The molecule has 30 heavy (non-hydrogen) atoms. The molecule has 3 rings (SSSR count). The average molecular weight is 399 g/mol. The Balaban J connectivity index is 2.51. The number of carbonyl (C=O) groups is 1. The molecule has 0 saturated heterocycles. The van der Waals surface area contributed by atoms with Crippen LogP contribution in [0, 0.1) is 41.5 Å². The van der Waals surface area contributed by atoms with Crippen molar-refractivity contribution < 1.29 is 9.53 Å². The quantitative estimate of drug-likeness (QED) is 0.268. The molecule has 0 radical (unpaired) electrons. The van der Waals surface area contributed by atoms with Crippen molar-refractivity contribution in [2.24, 2.45) is 0 Å². The van der Waals surface area contributed by atoms with Gasteiger partial charge in [-0.25, -0.2) is 0 Å². The number of rotatable bonds is 4. The Labute approximate surface area is 180 Å². The minimum atomic E-state index is -0.319. The van der Waals surface area contributed by atoms with E-state index in [2.05, 4.69) is 77.9 Å². The second kappa shape index (κ2) is 8.71. The van der Waals surface area contributed by atoms with Crippen molar-refractivity contribution in [3.05, 3.63) is 105 Å². The molecule has 2 heteroatoms. The summed E-state index contributed by atoms with van der Waals surface area (Å²) < 4.78 is 5.99. The molecule has 0 fully saturated rings. The highest BCUT2D eigenvalue weighted by Gasteiger charge is 2.23. The van der Waals surface area contributed by atoms with Crippen molar-refractivity contribution in [1.29, 1.82) is 0 Å². The molecule has 0 spiro atoms. The molecule has 0 N–H and O–H groups in total. The van der Waals surface area contributed by atoms with E-state index in [4.69, 9.17) is 4.74 Å². The van der Waals surface area contributed by atoms with E-state index in [-0.39, 0.29) is 5.97 Å². The van der Waals surface area contributed by atoms with E-state index >= 15 is 0 Å². The van der Waals surface area contributed by atoms with Crippen LogP contribution >= 0.6 is 0 Å². The summed E-state index contributed by atoms with van der Waals surface area (Å²) in [5, 5.41) is 0. The molecule has 0 heterocycles. The highest BCUT2D eigenvalue weighted by molar-refractivity contribution is 6.01. The molecule has 154 valence electrons. The number of aryl methyl sites for hydroxylation is 6. The lowest BCUT2D eigenvalue weighted by Gasteiger charge is -2.22. The molecule has 0 atom stereocenters. The zero-order valence-electron chi connectivity index (χ0n) is 19.0. The third-order valence-corrected chi connectivity index (χ3v) is 5.37. The third kappa shape index (κ3) is 4.38. The van der Waals surface area contributed by atoms with E-state index in [0.29, 0.717) is 5.76 Å². The van der Waals surface area contributed by atoms with Gasteiger partial charge in [-0.15, -0.1) is 0 Å². The van der Waals surface area contributed by atoms with E-state index < -0.39 is 0 Å². The molecule has 3 aromatic rings. The molecule has 0 saturated carbocycles. The van der Waals surface area contributed by atoms with Crippen LogP contribution in [0.15, 0.2) is 54.6 Å². The minimum absolute atomic E-state index is 0.319. The lowest BCUT2D eigenvalue weighted by molar-refractivity contribution is -0.134. The van der Waals surface area contributed by atoms with Gasteiger partial charge in [0.25, 0.3) is 0 Å². The van der Waals surface area contributed by atoms with E-state index in [0.717, 1.165) is 33.4 Å². The Bertz CT molecular complexity index is 1090. The van der Waals surface area contributed by atoms with Crippen LogP contribution in [0.4, 0.5) is 0 Å². The van der Waals surface area contributed by atoms with E-state index in [1.54, 1.807) is 0 Å². The van der Waals surface area contributed by atoms with Gasteiger partial charge in [0.05, 0.1) is 0 Å². The molecule has 0 bridgehead atoms. The van der Waals surface area contributed by atoms with Gasteiger partial charge in [-0.05, 0) is 74.9 Å². The summed E-state index contributed by atoms with van der Waals surface area (Å²) >= 11 is 0. The van der Waals surface area contributed by atoms with E-state index in [1.165, 1.54) is 29.2 Å². The molecule has 0 aromatic heterocycles. The number of hydrogen-bond acceptors (Lipinski definition) is 2. The SMILES string of the molecule is CC(=O)O/C(=C(\c1ccccc1)c1c(C)cc(C)cc1C)c1c(C)cc(C)cc1C. The molecule has 0 aliphatic carbocycles. The molecule has 3 aromatic carbocycles. The Morgan fingerprint density at radius 2 is 1.10 bits per heavy atom. The topological polar surface area (TPSA) is 26.3 Å². The van der Waals surface area contributed by atoms with Gasteiger partial charge >= 0.3 is 5.97 Å². The first-order chi connectivity index (χ1) is 14.2. The lowest BCUT2D eigenvalue weighted by atomic mass is 9.85. The molecule has 0 aliphatic rings. The number of carbonyl (C=O) groups excluding carboxylic acids is 1. The summed E-state index contributed by atoms with van der Waals surface area (Å²) in [7, 11) is 0. The Morgan fingerprint density at radius 3 is 1.53 bits per heavy atom. The molecular weight excluding hydrogens is 368 g/mol. The molecule has 0 amide bonds. The lowest BCUT2D eigenvalue weighted by Crippen LogP contribution is -2.08. The second-order valence-electron chi connectivity index (χ2n) is 8.21. The van der Waals surface area contributed by atoms with Gasteiger partial charge in [-0.2, -0.15) is 0 Å². The summed E-state index contributed by atoms with van der Waals surface area (Å²) in [5.41, 5.74) is 11.0. The van der Waals surface area contributed by atoms with Crippen LogP contribution in [0.25, 0.3) is 11.3 Å². The maximum atomic E-state index is 12.3. The van der Waals surface area contributed by atoms with Crippen LogP contribution in [-0.2, 0) is 9.53 Å². The molecular formula is C28H30O2. The predicted molar refractivity (Wildman–Crippen MR) is 125 cm³/mol. The summed E-state index contributed by atoms with van der Waals surface area (Å²) in [5.74, 6) is 0.305. The zero-order valence-corrected chi connectivity index (χ0v) is 19.0. The van der Waals surface area contributed by atoms with Crippen molar-refractivity contribution in [2.75, 3.05) is 0 Å². The van der Waals surface area contributed by atoms with Gasteiger partial charge in [0.1, 0.15) is 5.76 Å². The van der Waals surface area contributed by atoms with Crippen LogP contribution < -0.4 is 0 Å². The number of esters is 1. The summed E-state index contributed by atoms with van der Waals surface area (Å²) in [6, 6.07) is 18.9. The zero-order chi connectivity index (χ0) is 22.0. The van der Waals surface area contributed by atoms with Crippen LogP contribution in [-0.4, -0.2) is 5.97 Å². The van der Waals surface area contributed by atoms with Crippen LogP contribution in [0.3, 0.4) is 0 Å². The maximum absolute atomic E-state index is 12.3. The van der Waals surface area contributed by atoms with Gasteiger partial charge in [-0.3, -0.25) is 4.79 Å². The first kappa shape index (κ1) is 21.6. The summed E-state index contributed by atoms with van der Waals surface area (Å²) in [4.78, 5) is 12.3. The highest BCUT2D eigenvalue weighted by atomic mass is 16.5. The molecule has 0 unspecified atom stereocenters. The standard InChI is InChI=1S/C28H30O2/c1-17-13-19(3)25(20(4)14-17)27(24-11-9-8-10-12-24)28(30-23(7)29)26-21(5)15-18(2)16-22(26)6/h8-16H,1-7H3/b28-27+. The largest absolute Gasteiger partial charge is 0.425 e. The number of ether oxygens (including phenoxy) is 1. The smallest absolute Gasteiger partial charge is 0.308 e. The monoisotopic (exact) mass is 398 g/mol. The highest BCUT2D eigenvalue weighted by Crippen LogP contribution is 2.39. The van der Waals surface area contributed by atoms with Crippen molar-refractivity contribution in [3.8, 4) is 0 Å². The summed E-state index contributed by atoms with van der Waals surface area (Å²) in [6.07, 6.45) is 0. The first-order valence-electron chi connectivity index (χ1n) is 10.3. The molecule has 0 aliphatic heterocycles. The average Bonchev–Trinajstić information content (AvgIpc) is 2.63. The number of hydrogen-bond donors (Lipinski definition) is 0. The fourth-order valence-corrected chi connectivity index (χ4v) is 4.48. The van der Waals surface area contributed by atoms with Crippen LogP contribution in [0.1, 0.15) is 57.0 Å². The summed E-state index contributed by atoms with van der Waals surface area (Å²) in [6.45, 7) is 14.1. The van der Waals surface area contributed by atoms with E-state index in [1.807, 2.05) is 18.2 Å². The van der Waals surface area contributed by atoms with Crippen molar-refractivity contribution in [1.82, 2.24) is 0 Å². The Morgan fingerprint density at radius 1 is 0.667 bits per heavy atom. The fourth-order valence-electron chi connectivity index (χ4n) is 4.48. The normalized spacial score (nSPS) is 11.8. The Kier molecular flexibility index (Phi) is 6.26.